The molecular formula is C22H25FN2O5. The van der Waals surface area contributed by atoms with Gasteiger partial charge < -0.3 is 9.47 Å². The number of benzene rings is 2. The summed E-state index contributed by atoms with van der Waals surface area (Å²) in [5.74, 6) is 0.0318. The van der Waals surface area contributed by atoms with Crippen LogP contribution in [0.2, 0.25) is 0 Å². The zero-order valence-corrected chi connectivity index (χ0v) is 17.4. The lowest BCUT2D eigenvalue weighted by Crippen LogP contribution is -2.34. The van der Waals surface area contributed by atoms with Gasteiger partial charge in [0.05, 0.1) is 4.92 Å². The van der Waals surface area contributed by atoms with Crippen molar-refractivity contribution in [2.24, 2.45) is 0 Å². The Morgan fingerprint density at radius 2 is 1.73 bits per heavy atom. The van der Waals surface area contributed by atoms with Crippen LogP contribution in [0.1, 0.15) is 31.9 Å². The number of carbonyl (C=O) groups is 1. The SMILES string of the molecule is CN(C(=O)OC(C)(C)C)c1ccc(/C=C/c2ccc(OCCF)c([N+](=O)[O-])c2)cc1. The lowest BCUT2D eigenvalue weighted by molar-refractivity contribution is -0.385. The minimum absolute atomic E-state index is 0.0318. The normalized spacial score (nSPS) is 11.4. The van der Waals surface area contributed by atoms with Crippen molar-refractivity contribution >= 4 is 29.6 Å². The second kappa shape index (κ2) is 9.87. The van der Waals surface area contributed by atoms with Gasteiger partial charge in [0.1, 0.15) is 18.9 Å². The fourth-order valence-corrected chi connectivity index (χ4v) is 2.49. The minimum Gasteiger partial charge on any atom is -0.484 e. The summed E-state index contributed by atoms with van der Waals surface area (Å²) in [5, 5.41) is 11.2. The number of rotatable bonds is 7. The summed E-state index contributed by atoms with van der Waals surface area (Å²) < 4.78 is 22.7. The van der Waals surface area contributed by atoms with Crippen molar-refractivity contribution in [3.63, 3.8) is 0 Å². The molecular weight excluding hydrogens is 391 g/mol. The number of anilines is 1. The molecule has 0 aliphatic carbocycles. The molecule has 8 heteroatoms. The molecule has 0 radical (unpaired) electrons. The van der Waals surface area contributed by atoms with E-state index in [9.17, 15) is 19.3 Å². The zero-order valence-electron chi connectivity index (χ0n) is 17.4. The third kappa shape index (κ3) is 6.58. The molecule has 0 fully saturated rings. The standard InChI is InChI=1S/C22H25FN2O5/c1-22(2,3)30-21(26)24(4)18-10-7-16(8-11-18)5-6-17-9-12-20(29-14-13-23)19(15-17)25(27)28/h5-12,15H,13-14H2,1-4H3/b6-5+. The first-order valence-corrected chi connectivity index (χ1v) is 9.33. The molecule has 160 valence electrons. The van der Waals surface area contributed by atoms with Crippen molar-refractivity contribution in [2.45, 2.75) is 26.4 Å². The van der Waals surface area contributed by atoms with E-state index in [1.165, 1.54) is 17.0 Å². The Labute approximate surface area is 174 Å². The Morgan fingerprint density at radius 1 is 1.13 bits per heavy atom. The quantitative estimate of drug-likeness (QED) is 0.339. The largest absolute Gasteiger partial charge is 0.484 e. The van der Waals surface area contributed by atoms with E-state index in [1.807, 2.05) is 12.1 Å². The Kier molecular flexibility index (Phi) is 7.52. The van der Waals surface area contributed by atoms with Crippen molar-refractivity contribution in [1.29, 1.82) is 0 Å². The summed E-state index contributed by atoms with van der Waals surface area (Å²) in [6, 6.07) is 11.7. The van der Waals surface area contributed by atoms with E-state index >= 15 is 0 Å². The first-order valence-electron chi connectivity index (χ1n) is 9.33. The topological polar surface area (TPSA) is 81.9 Å². The third-order valence-corrected chi connectivity index (χ3v) is 3.93. The van der Waals surface area contributed by atoms with Gasteiger partial charge in [-0.25, -0.2) is 9.18 Å². The molecule has 7 nitrogen and oxygen atoms in total. The Bertz CT molecular complexity index is 920. The summed E-state index contributed by atoms with van der Waals surface area (Å²) in [6.07, 6.45) is 3.06. The number of amides is 1. The Balaban J connectivity index is 2.12. The molecule has 2 rings (SSSR count). The summed E-state index contributed by atoms with van der Waals surface area (Å²) in [6.45, 7) is 4.45. The molecule has 0 aliphatic heterocycles. The van der Waals surface area contributed by atoms with Crippen LogP contribution in [0.4, 0.5) is 20.6 Å². The van der Waals surface area contributed by atoms with Gasteiger partial charge in [0, 0.05) is 18.8 Å². The fourth-order valence-electron chi connectivity index (χ4n) is 2.49. The van der Waals surface area contributed by atoms with E-state index in [-0.39, 0.29) is 18.0 Å². The van der Waals surface area contributed by atoms with Crippen molar-refractivity contribution < 1.29 is 23.6 Å². The van der Waals surface area contributed by atoms with Gasteiger partial charge in [-0.1, -0.05) is 30.4 Å². The van der Waals surface area contributed by atoms with Crippen LogP contribution in [0.15, 0.2) is 42.5 Å². The van der Waals surface area contributed by atoms with Crippen LogP contribution >= 0.6 is 0 Å². The summed E-state index contributed by atoms with van der Waals surface area (Å²) >= 11 is 0. The van der Waals surface area contributed by atoms with E-state index in [0.29, 0.717) is 11.3 Å². The van der Waals surface area contributed by atoms with E-state index in [0.717, 1.165) is 5.56 Å². The average Bonchev–Trinajstić information content (AvgIpc) is 2.69. The van der Waals surface area contributed by atoms with Gasteiger partial charge in [-0.3, -0.25) is 15.0 Å². The number of carbonyl (C=O) groups excluding carboxylic acids is 1. The number of alkyl halides is 1. The van der Waals surface area contributed by atoms with Crippen molar-refractivity contribution in [1.82, 2.24) is 0 Å². The zero-order chi connectivity index (χ0) is 22.3. The molecule has 0 spiro atoms. The van der Waals surface area contributed by atoms with Crippen molar-refractivity contribution in [3.8, 4) is 5.75 Å². The van der Waals surface area contributed by atoms with Gasteiger partial charge in [0.25, 0.3) is 0 Å². The van der Waals surface area contributed by atoms with Gasteiger partial charge >= 0.3 is 11.8 Å². The number of nitrogens with zero attached hydrogens (tertiary/aromatic N) is 2. The van der Waals surface area contributed by atoms with Gasteiger partial charge in [0.15, 0.2) is 5.75 Å². The number of nitro groups is 1. The highest BCUT2D eigenvalue weighted by molar-refractivity contribution is 5.87. The highest BCUT2D eigenvalue weighted by atomic mass is 19.1. The number of hydrogen-bond acceptors (Lipinski definition) is 5. The second-order valence-electron chi connectivity index (χ2n) is 7.49. The summed E-state index contributed by atoms with van der Waals surface area (Å²) in [4.78, 5) is 24.2. The molecule has 0 atom stereocenters. The van der Waals surface area contributed by atoms with Crippen LogP contribution in [-0.2, 0) is 4.74 Å². The first-order chi connectivity index (χ1) is 14.1. The molecule has 2 aromatic carbocycles. The summed E-state index contributed by atoms with van der Waals surface area (Å²) in [7, 11) is 1.63. The van der Waals surface area contributed by atoms with Gasteiger partial charge in [0.2, 0.25) is 0 Å². The van der Waals surface area contributed by atoms with Crippen LogP contribution in [-0.4, -0.2) is 36.9 Å². The third-order valence-electron chi connectivity index (χ3n) is 3.93. The predicted molar refractivity (Wildman–Crippen MR) is 115 cm³/mol. The molecule has 1 amide bonds. The lowest BCUT2D eigenvalue weighted by atomic mass is 10.1. The van der Waals surface area contributed by atoms with Gasteiger partial charge in [-0.15, -0.1) is 0 Å². The van der Waals surface area contributed by atoms with Crippen molar-refractivity contribution in [3.05, 3.63) is 63.7 Å². The van der Waals surface area contributed by atoms with Crippen LogP contribution in [0.5, 0.6) is 5.75 Å². The highest BCUT2D eigenvalue weighted by Crippen LogP contribution is 2.29. The van der Waals surface area contributed by atoms with E-state index in [2.05, 4.69) is 0 Å². The smallest absolute Gasteiger partial charge is 0.414 e. The molecule has 0 heterocycles. The van der Waals surface area contributed by atoms with Crippen molar-refractivity contribution in [2.75, 3.05) is 25.2 Å². The van der Waals surface area contributed by atoms with Crippen LogP contribution in [0.3, 0.4) is 0 Å². The van der Waals surface area contributed by atoms with E-state index < -0.39 is 23.3 Å². The predicted octanol–water partition coefficient (Wildman–Crippen LogP) is 5.48. The molecule has 0 aromatic heterocycles. The molecule has 0 N–H and O–H groups in total. The maximum absolute atomic E-state index is 12.3. The maximum atomic E-state index is 12.3. The first kappa shape index (κ1) is 22.9. The van der Waals surface area contributed by atoms with Crippen LogP contribution in [0, 0.1) is 10.1 Å². The van der Waals surface area contributed by atoms with Crippen LogP contribution in [0.25, 0.3) is 12.2 Å². The second-order valence-corrected chi connectivity index (χ2v) is 7.49. The molecule has 0 saturated carbocycles. The lowest BCUT2D eigenvalue weighted by Gasteiger charge is -2.24. The van der Waals surface area contributed by atoms with Gasteiger partial charge in [-0.2, -0.15) is 0 Å². The molecule has 0 aliphatic rings. The Hall–Kier alpha value is -3.42. The summed E-state index contributed by atoms with van der Waals surface area (Å²) in [5.41, 5.74) is 1.32. The van der Waals surface area contributed by atoms with Gasteiger partial charge in [-0.05, 0) is 50.1 Å². The number of nitro benzene ring substituents is 1. The molecule has 30 heavy (non-hydrogen) atoms. The van der Waals surface area contributed by atoms with E-state index in [1.54, 1.807) is 58.2 Å². The highest BCUT2D eigenvalue weighted by Gasteiger charge is 2.20. The molecule has 0 bridgehead atoms. The van der Waals surface area contributed by atoms with E-state index in [4.69, 9.17) is 9.47 Å². The molecule has 0 unspecified atom stereocenters. The average molecular weight is 416 g/mol. The number of halogens is 1. The molecule has 0 saturated heterocycles. The minimum atomic E-state index is -0.724. The number of ether oxygens (including phenoxy) is 2. The van der Waals surface area contributed by atoms with Crippen LogP contribution < -0.4 is 9.64 Å². The fraction of sp³-hybridized carbons (Fsp3) is 0.318. The molecule has 2 aromatic rings. The number of hydrogen-bond donors (Lipinski definition) is 0. The monoisotopic (exact) mass is 416 g/mol. The maximum Gasteiger partial charge on any atom is 0.414 e. The Morgan fingerprint density at radius 3 is 2.30 bits per heavy atom.